The number of carboxylic acid groups (broad SMARTS) is 1. The van der Waals surface area contributed by atoms with Crippen LogP contribution in [0.15, 0.2) is 30.5 Å². The van der Waals surface area contributed by atoms with E-state index in [0.29, 0.717) is 5.56 Å². The summed E-state index contributed by atoms with van der Waals surface area (Å²) in [5.41, 5.74) is 1.52. The topological polar surface area (TPSA) is 86.0 Å². The second kappa shape index (κ2) is 5.29. The molecule has 0 bridgehead atoms. The number of hydrogen-bond acceptors (Lipinski definition) is 4. The number of nitriles is 1. The van der Waals surface area contributed by atoms with Gasteiger partial charge in [-0.15, -0.1) is 11.3 Å². The van der Waals surface area contributed by atoms with Gasteiger partial charge in [0.1, 0.15) is 5.01 Å². The molecule has 0 spiro atoms. The molecule has 2 aromatic rings. The number of rotatable bonds is 3. The summed E-state index contributed by atoms with van der Waals surface area (Å²) in [6, 6.07) is 9.16. The summed E-state index contributed by atoms with van der Waals surface area (Å²) in [5.74, 6) is 0. The van der Waals surface area contributed by atoms with Crippen LogP contribution in [0.5, 0.6) is 0 Å². The molecule has 0 fully saturated rings. The van der Waals surface area contributed by atoms with Gasteiger partial charge in [0.15, 0.2) is 0 Å². The normalized spacial score (nSPS) is 9.72. The van der Waals surface area contributed by atoms with Crippen molar-refractivity contribution in [2.75, 3.05) is 0 Å². The zero-order valence-corrected chi connectivity index (χ0v) is 10.1. The van der Waals surface area contributed by atoms with Crippen LogP contribution in [-0.2, 0) is 6.54 Å². The number of benzene rings is 1. The molecule has 2 rings (SSSR count). The fourth-order valence-electron chi connectivity index (χ4n) is 1.37. The molecule has 2 N–H and O–H groups in total. The third-order valence-corrected chi connectivity index (χ3v) is 3.27. The quantitative estimate of drug-likeness (QED) is 0.886. The van der Waals surface area contributed by atoms with Crippen molar-refractivity contribution in [2.24, 2.45) is 0 Å². The van der Waals surface area contributed by atoms with E-state index in [-0.39, 0.29) is 6.54 Å². The first-order valence-corrected chi connectivity index (χ1v) is 5.93. The van der Waals surface area contributed by atoms with Crippen LogP contribution >= 0.6 is 11.3 Å². The summed E-state index contributed by atoms with van der Waals surface area (Å²) in [4.78, 5) is 15.4. The van der Waals surface area contributed by atoms with E-state index in [0.717, 1.165) is 15.4 Å². The van der Waals surface area contributed by atoms with Crippen LogP contribution in [0.2, 0.25) is 0 Å². The zero-order valence-electron chi connectivity index (χ0n) is 9.25. The summed E-state index contributed by atoms with van der Waals surface area (Å²) in [6.45, 7) is 0.253. The fraction of sp³-hybridized carbons (Fsp3) is 0.0833. The number of amides is 1. The van der Waals surface area contributed by atoms with E-state index < -0.39 is 6.09 Å². The van der Waals surface area contributed by atoms with Gasteiger partial charge in [-0.3, -0.25) is 0 Å². The lowest BCUT2D eigenvalue weighted by atomic mass is 10.1. The van der Waals surface area contributed by atoms with Gasteiger partial charge in [0, 0.05) is 16.6 Å². The third kappa shape index (κ3) is 2.84. The minimum atomic E-state index is -1.05. The molecule has 90 valence electrons. The molecule has 0 saturated heterocycles. The molecular formula is C12H9N3O2S. The van der Waals surface area contributed by atoms with E-state index in [1.54, 1.807) is 18.3 Å². The van der Waals surface area contributed by atoms with Crippen molar-refractivity contribution in [1.82, 2.24) is 10.3 Å². The maximum Gasteiger partial charge on any atom is 0.404 e. The van der Waals surface area contributed by atoms with Crippen molar-refractivity contribution in [3.05, 3.63) is 40.9 Å². The van der Waals surface area contributed by atoms with Gasteiger partial charge in [0.25, 0.3) is 0 Å². The highest BCUT2D eigenvalue weighted by Crippen LogP contribution is 2.25. The van der Waals surface area contributed by atoms with Crippen LogP contribution in [0, 0.1) is 11.3 Å². The van der Waals surface area contributed by atoms with Gasteiger partial charge in [0.05, 0.1) is 18.2 Å². The van der Waals surface area contributed by atoms with Gasteiger partial charge in [-0.2, -0.15) is 5.26 Å². The largest absolute Gasteiger partial charge is 0.465 e. The first-order valence-electron chi connectivity index (χ1n) is 5.11. The highest BCUT2D eigenvalue weighted by atomic mass is 32.1. The first-order chi connectivity index (χ1) is 8.69. The summed E-state index contributed by atoms with van der Waals surface area (Å²) >= 11 is 1.42. The lowest BCUT2D eigenvalue weighted by molar-refractivity contribution is 0.194. The fourth-order valence-corrected chi connectivity index (χ4v) is 2.23. The summed E-state index contributed by atoms with van der Waals surface area (Å²) in [7, 11) is 0. The average molecular weight is 259 g/mol. The van der Waals surface area contributed by atoms with Gasteiger partial charge >= 0.3 is 6.09 Å². The number of nitrogens with one attached hydrogen (secondary N) is 1. The number of carbonyl (C=O) groups is 1. The highest BCUT2D eigenvalue weighted by molar-refractivity contribution is 7.15. The molecule has 0 atom stereocenters. The maximum absolute atomic E-state index is 10.4. The van der Waals surface area contributed by atoms with Crippen LogP contribution in [0.3, 0.4) is 0 Å². The van der Waals surface area contributed by atoms with Crippen molar-refractivity contribution in [2.45, 2.75) is 6.54 Å². The van der Waals surface area contributed by atoms with Crippen LogP contribution in [0.4, 0.5) is 4.79 Å². The lowest BCUT2D eigenvalue weighted by Crippen LogP contribution is -2.19. The zero-order chi connectivity index (χ0) is 13.0. The Hall–Kier alpha value is -2.39. The summed E-state index contributed by atoms with van der Waals surface area (Å²) < 4.78 is 0. The Morgan fingerprint density at radius 1 is 1.44 bits per heavy atom. The number of thiazole rings is 1. The summed E-state index contributed by atoms with van der Waals surface area (Å²) in [6.07, 6.45) is 0.594. The molecule has 1 heterocycles. The molecule has 0 radical (unpaired) electrons. The Bertz CT molecular complexity index is 599. The molecule has 0 unspecified atom stereocenters. The van der Waals surface area contributed by atoms with Crippen molar-refractivity contribution in [3.8, 4) is 16.6 Å². The smallest absolute Gasteiger partial charge is 0.404 e. The molecular weight excluding hydrogens is 250 g/mol. The SMILES string of the molecule is N#Cc1ccc(-c2ncc(CNC(=O)O)s2)cc1. The van der Waals surface area contributed by atoms with E-state index in [2.05, 4.69) is 16.4 Å². The van der Waals surface area contributed by atoms with E-state index in [4.69, 9.17) is 10.4 Å². The molecule has 1 aromatic heterocycles. The van der Waals surface area contributed by atoms with Crippen LogP contribution in [0.25, 0.3) is 10.6 Å². The standard InChI is InChI=1S/C12H9N3O2S/c13-5-8-1-3-9(4-2-8)11-14-6-10(18-11)7-15-12(16)17/h1-4,6,15H,7H2,(H,16,17). The van der Waals surface area contributed by atoms with E-state index in [9.17, 15) is 4.79 Å². The van der Waals surface area contributed by atoms with E-state index in [1.165, 1.54) is 11.3 Å². The van der Waals surface area contributed by atoms with Gasteiger partial charge in [-0.05, 0) is 12.1 Å². The van der Waals surface area contributed by atoms with Gasteiger partial charge in [0.2, 0.25) is 0 Å². The predicted molar refractivity (Wildman–Crippen MR) is 67.1 cm³/mol. The predicted octanol–water partition coefficient (Wildman–Crippen LogP) is 2.45. The van der Waals surface area contributed by atoms with Gasteiger partial charge < -0.3 is 10.4 Å². The molecule has 0 aliphatic rings. The molecule has 5 nitrogen and oxygen atoms in total. The van der Waals surface area contributed by atoms with Gasteiger partial charge in [-0.25, -0.2) is 9.78 Å². The molecule has 18 heavy (non-hydrogen) atoms. The Labute approximate surface area is 107 Å². The Kier molecular flexibility index (Phi) is 3.55. The van der Waals surface area contributed by atoms with Crippen molar-refractivity contribution in [3.63, 3.8) is 0 Å². The van der Waals surface area contributed by atoms with Crippen LogP contribution in [-0.4, -0.2) is 16.2 Å². The monoisotopic (exact) mass is 259 g/mol. The Morgan fingerprint density at radius 2 is 2.17 bits per heavy atom. The number of aromatic nitrogens is 1. The van der Waals surface area contributed by atoms with Crippen LogP contribution in [0.1, 0.15) is 10.4 Å². The first kappa shape index (κ1) is 12.1. The minimum absolute atomic E-state index is 0.253. The van der Waals surface area contributed by atoms with Gasteiger partial charge in [-0.1, -0.05) is 12.1 Å². The molecule has 1 aromatic carbocycles. The number of nitrogens with zero attached hydrogens (tertiary/aromatic N) is 2. The highest BCUT2D eigenvalue weighted by Gasteiger charge is 2.05. The lowest BCUT2D eigenvalue weighted by Gasteiger charge is -1.96. The Balaban J connectivity index is 2.13. The molecule has 0 aliphatic carbocycles. The third-order valence-electron chi connectivity index (χ3n) is 2.23. The average Bonchev–Trinajstić information content (AvgIpc) is 2.85. The summed E-state index contributed by atoms with van der Waals surface area (Å²) in [5, 5.41) is 20.3. The van der Waals surface area contributed by atoms with E-state index >= 15 is 0 Å². The van der Waals surface area contributed by atoms with Crippen LogP contribution < -0.4 is 5.32 Å². The Morgan fingerprint density at radius 3 is 2.78 bits per heavy atom. The minimum Gasteiger partial charge on any atom is -0.465 e. The number of hydrogen-bond donors (Lipinski definition) is 2. The second-order valence-corrected chi connectivity index (χ2v) is 4.59. The maximum atomic E-state index is 10.4. The molecule has 6 heteroatoms. The van der Waals surface area contributed by atoms with E-state index in [1.807, 2.05) is 12.1 Å². The molecule has 1 amide bonds. The van der Waals surface area contributed by atoms with Crippen molar-refractivity contribution in [1.29, 1.82) is 5.26 Å². The molecule has 0 saturated carbocycles. The second-order valence-electron chi connectivity index (χ2n) is 3.48. The van der Waals surface area contributed by atoms with Crippen molar-refractivity contribution < 1.29 is 9.90 Å². The molecule has 0 aliphatic heterocycles. The van der Waals surface area contributed by atoms with Crippen molar-refractivity contribution >= 4 is 17.4 Å².